The van der Waals surface area contributed by atoms with Gasteiger partial charge in [-0.2, -0.15) is 13.2 Å². The van der Waals surface area contributed by atoms with Crippen molar-refractivity contribution in [3.8, 4) is 5.75 Å². The number of amides is 1. The van der Waals surface area contributed by atoms with E-state index in [1.807, 2.05) is 0 Å². The van der Waals surface area contributed by atoms with Crippen LogP contribution in [0.1, 0.15) is 42.8 Å². The summed E-state index contributed by atoms with van der Waals surface area (Å²) in [5.74, 6) is -4.05. The van der Waals surface area contributed by atoms with Gasteiger partial charge in [0.15, 0.2) is 11.4 Å². The van der Waals surface area contributed by atoms with Crippen molar-refractivity contribution < 1.29 is 46.8 Å². The van der Waals surface area contributed by atoms with Gasteiger partial charge < -0.3 is 29.7 Å². The molecule has 1 saturated heterocycles. The monoisotopic (exact) mass is 531 g/mol. The molecule has 9 nitrogen and oxygen atoms in total. The number of methoxy groups -OCH3 is 1. The summed E-state index contributed by atoms with van der Waals surface area (Å²) in [6, 6.07) is 2.41. The molecule has 1 aliphatic heterocycles. The van der Waals surface area contributed by atoms with Crippen LogP contribution in [-0.2, 0) is 14.3 Å². The maximum absolute atomic E-state index is 14.4. The third-order valence-electron chi connectivity index (χ3n) is 6.60. The lowest BCUT2D eigenvalue weighted by Crippen LogP contribution is -2.47. The van der Waals surface area contributed by atoms with Gasteiger partial charge in [-0.1, -0.05) is 13.0 Å². The number of rotatable bonds is 9. The molecule has 2 aromatic rings. The third-order valence-corrected chi connectivity index (χ3v) is 6.60. The Kier molecular flexibility index (Phi) is 8.73. The number of benzene rings is 1. The Morgan fingerprint density at radius 1 is 1.27 bits per heavy atom. The second kappa shape index (κ2) is 11.3. The lowest BCUT2D eigenvalue weighted by atomic mass is 9.76. The molecule has 0 radical (unpaired) electrons. The van der Waals surface area contributed by atoms with Crippen molar-refractivity contribution in [3.63, 3.8) is 0 Å². The number of carbonyl (C=O) groups is 1. The summed E-state index contributed by atoms with van der Waals surface area (Å²) >= 11 is 0. The van der Waals surface area contributed by atoms with Gasteiger partial charge in [0, 0.05) is 30.1 Å². The van der Waals surface area contributed by atoms with Crippen LogP contribution in [0.25, 0.3) is 0 Å². The van der Waals surface area contributed by atoms with Crippen LogP contribution >= 0.6 is 0 Å². The zero-order valence-electron chi connectivity index (χ0n) is 20.7. The number of aliphatic hydroxyl groups excluding tert-OH is 2. The van der Waals surface area contributed by atoms with Crippen molar-refractivity contribution >= 4 is 11.6 Å². The Morgan fingerprint density at radius 3 is 2.49 bits per heavy atom. The van der Waals surface area contributed by atoms with Gasteiger partial charge in [-0.3, -0.25) is 4.79 Å². The van der Waals surface area contributed by atoms with Crippen LogP contribution in [0.5, 0.6) is 5.75 Å². The van der Waals surface area contributed by atoms with E-state index in [9.17, 15) is 27.5 Å². The molecule has 1 aromatic heterocycles. The largest absolute Gasteiger partial charge is 0.491 e. The van der Waals surface area contributed by atoms with E-state index in [1.165, 1.54) is 27.0 Å². The van der Waals surface area contributed by atoms with E-state index in [4.69, 9.17) is 19.3 Å². The number of anilines is 1. The number of halogens is 4. The lowest BCUT2D eigenvalue weighted by molar-refractivity contribution is -0.272. The molecule has 1 amide bonds. The molecule has 204 valence electrons. The maximum atomic E-state index is 14.4. The zero-order chi connectivity index (χ0) is 27.5. The van der Waals surface area contributed by atoms with Crippen LogP contribution in [-0.4, -0.2) is 70.9 Å². The van der Waals surface area contributed by atoms with Gasteiger partial charge in [0.1, 0.15) is 30.4 Å². The maximum Gasteiger partial charge on any atom is 0.417 e. The first-order valence-electron chi connectivity index (χ1n) is 11.4. The molecule has 1 fully saturated rings. The summed E-state index contributed by atoms with van der Waals surface area (Å²) in [6.45, 7) is 3.15. The topological polar surface area (TPSA) is 123 Å². The van der Waals surface area contributed by atoms with Crippen LogP contribution in [0.2, 0.25) is 0 Å². The number of nitrogens with one attached hydrogen (secondary N) is 1. The Labute approximate surface area is 210 Å². The van der Waals surface area contributed by atoms with Crippen molar-refractivity contribution in [2.75, 3.05) is 32.2 Å². The number of aliphatic hydroxyl groups is 2. The minimum Gasteiger partial charge on any atom is -0.491 e. The molecule has 1 aliphatic rings. The van der Waals surface area contributed by atoms with E-state index in [-0.39, 0.29) is 41.6 Å². The Bertz CT molecular complexity index is 1100. The normalized spacial score (nSPS) is 24.6. The van der Waals surface area contributed by atoms with Crippen molar-refractivity contribution in [1.82, 2.24) is 9.97 Å². The lowest BCUT2D eigenvalue weighted by Gasteiger charge is -2.32. The molecule has 37 heavy (non-hydrogen) atoms. The standard InChI is InChI=1S/C24H29F4N3O6/c1-12-16(25)6-5-15(19(12)36-8-7-35-4)18-13(2)23(3,24(26,27)28)37-20(18)22(34)31-14-9-29-21(30-10-14)17(33)11-32/h5-6,9-10,13,17-18,20,32-33H,7-8,11H2,1-4H3,(H,31,34)/t13-,17?,18-,20+,23+/m1/s1. The number of hydrogen-bond acceptors (Lipinski definition) is 8. The first-order valence-corrected chi connectivity index (χ1v) is 11.4. The van der Waals surface area contributed by atoms with Crippen LogP contribution in [0.15, 0.2) is 24.5 Å². The predicted molar refractivity (Wildman–Crippen MR) is 122 cm³/mol. The second-order valence-electron chi connectivity index (χ2n) is 8.91. The first-order chi connectivity index (χ1) is 17.4. The molecule has 0 aliphatic carbocycles. The fourth-order valence-corrected chi connectivity index (χ4v) is 4.26. The molecule has 5 atom stereocenters. The highest BCUT2D eigenvalue weighted by Gasteiger charge is 2.65. The smallest absolute Gasteiger partial charge is 0.417 e. The third kappa shape index (κ3) is 5.69. The van der Waals surface area contributed by atoms with Gasteiger partial charge in [-0.15, -0.1) is 0 Å². The minimum absolute atomic E-state index is 0.00648. The van der Waals surface area contributed by atoms with Gasteiger partial charge in [-0.25, -0.2) is 14.4 Å². The van der Waals surface area contributed by atoms with E-state index >= 15 is 0 Å². The van der Waals surface area contributed by atoms with Gasteiger partial charge in [0.25, 0.3) is 5.91 Å². The van der Waals surface area contributed by atoms with Gasteiger partial charge in [-0.05, 0) is 19.9 Å². The van der Waals surface area contributed by atoms with Crippen LogP contribution in [0.3, 0.4) is 0 Å². The summed E-state index contributed by atoms with van der Waals surface area (Å²) in [6.07, 6.45) is -5.53. The van der Waals surface area contributed by atoms with Crippen LogP contribution < -0.4 is 10.1 Å². The molecule has 13 heteroatoms. The van der Waals surface area contributed by atoms with Gasteiger partial charge in [0.2, 0.25) is 0 Å². The number of ether oxygens (including phenoxy) is 3. The predicted octanol–water partition coefficient (Wildman–Crippen LogP) is 3.05. The summed E-state index contributed by atoms with van der Waals surface area (Å²) in [5.41, 5.74) is -2.40. The summed E-state index contributed by atoms with van der Waals surface area (Å²) < 4.78 is 73.0. The number of alkyl halides is 3. The van der Waals surface area contributed by atoms with E-state index < -0.39 is 54.2 Å². The van der Waals surface area contributed by atoms with Crippen LogP contribution in [0, 0.1) is 18.7 Å². The Morgan fingerprint density at radius 2 is 1.92 bits per heavy atom. The van der Waals surface area contributed by atoms with E-state index in [1.54, 1.807) is 0 Å². The number of hydrogen-bond donors (Lipinski definition) is 3. The fraction of sp³-hybridized carbons (Fsp3) is 0.542. The van der Waals surface area contributed by atoms with Crippen molar-refractivity contribution in [1.29, 1.82) is 0 Å². The zero-order valence-corrected chi connectivity index (χ0v) is 20.7. The van der Waals surface area contributed by atoms with Crippen molar-refractivity contribution in [2.24, 2.45) is 5.92 Å². The second-order valence-corrected chi connectivity index (χ2v) is 8.91. The molecule has 1 aromatic carbocycles. The highest BCUT2D eigenvalue weighted by Crippen LogP contribution is 2.55. The summed E-state index contributed by atoms with van der Waals surface area (Å²) in [5, 5.41) is 21.1. The Balaban J connectivity index is 2.02. The number of nitrogens with zero attached hydrogens (tertiary/aromatic N) is 2. The fourth-order valence-electron chi connectivity index (χ4n) is 4.26. The molecule has 3 rings (SSSR count). The molecule has 0 spiro atoms. The first kappa shape index (κ1) is 28.7. The molecule has 3 N–H and O–H groups in total. The summed E-state index contributed by atoms with van der Waals surface area (Å²) in [4.78, 5) is 20.9. The van der Waals surface area contributed by atoms with Gasteiger partial charge in [0.05, 0.1) is 31.3 Å². The Hall–Kier alpha value is -2.87. The molecule has 0 saturated carbocycles. The van der Waals surface area contributed by atoms with E-state index in [0.717, 1.165) is 25.4 Å². The van der Waals surface area contributed by atoms with Crippen LogP contribution in [0.4, 0.5) is 23.2 Å². The molecular formula is C24H29F4N3O6. The van der Waals surface area contributed by atoms with Gasteiger partial charge >= 0.3 is 6.18 Å². The van der Waals surface area contributed by atoms with Crippen molar-refractivity contribution in [2.45, 2.75) is 50.7 Å². The highest BCUT2D eigenvalue weighted by atomic mass is 19.4. The average Bonchev–Trinajstić information content (AvgIpc) is 3.13. The molecular weight excluding hydrogens is 502 g/mol. The molecule has 0 bridgehead atoms. The summed E-state index contributed by atoms with van der Waals surface area (Å²) in [7, 11) is 1.44. The quantitative estimate of drug-likeness (QED) is 0.333. The number of aromatic nitrogens is 2. The van der Waals surface area contributed by atoms with Crippen molar-refractivity contribution in [3.05, 3.63) is 47.3 Å². The molecule has 2 heterocycles. The van der Waals surface area contributed by atoms with E-state index in [0.29, 0.717) is 0 Å². The highest BCUT2D eigenvalue weighted by molar-refractivity contribution is 5.95. The molecule has 1 unspecified atom stereocenters. The SMILES string of the molecule is COCCOc1c([C@@H]2[C@@H](C(=O)Nc3cnc(C(O)CO)nc3)O[C@](C)(C(F)(F)F)[C@@H]2C)ccc(F)c1C. The number of carbonyl (C=O) groups excluding carboxylic acids is 1. The van der Waals surface area contributed by atoms with E-state index in [2.05, 4.69) is 15.3 Å². The minimum atomic E-state index is -4.82. The average molecular weight is 532 g/mol.